The lowest BCUT2D eigenvalue weighted by Crippen LogP contribution is -2.32. The highest BCUT2D eigenvalue weighted by Gasteiger charge is 2.45. The molecule has 29 heavy (non-hydrogen) atoms. The lowest BCUT2D eigenvalue weighted by Gasteiger charge is -2.25. The summed E-state index contributed by atoms with van der Waals surface area (Å²) in [6, 6.07) is 7.61. The molecule has 1 saturated heterocycles. The Morgan fingerprint density at radius 1 is 1.17 bits per heavy atom. The SMILES string of the molecule is COCCN1C(=O)C(=O)/C(=C(/O)c2ccc3c(c2)OCCO3)C1c1ccncc1. The van der Waals surface area contributed by atoms with E-state index >= 15 is 0 Å². The fourth-order valence-electron chi connectivity index (χ4n) is 3.54. The van der Waals surface area contributed by atoms with E-state index in [0.717, 1.165) is 0 Å². The third-order valence-electron chi connectivity index (χ3n) is 4.91. The quantitative estimate of drug-likeness (QED) is 0.468. The molecule has 0 spiro atoms. The number of aliphatic hydroxyl groups excluding tert-OH is 1. The van der Waals surface area contributed by atoms with Crippen LogP contribution >= 0.6 is 0 Å². The molecule has 8 nitrogen and oxygen atoms in total. The molecule has 8 heteroatoms. The van der Waals surface area contributed by atoms with E-state index in [1.165, 1.54) is 12.0 Å². The molecule has 0 radical (unpaired) electrons. The molecule has 150 valence electrons. The maximum Gasteiger partial charge on any atom is 0.295 e. The van der Waals surface area contributed by atoms with Crippen LogP contribution in [0.3, 0.4) is 0 Å². The monoisotopic (exact) mass is 396 g/mol. The van der Waals surface area contributed by atoms with Crippen LogP contribution in [0.4, 0.5) is 0 Å². The van der Waals surface area contributed by atoms with Gasteiger partial charge >= 0.3 is 0 Å². The van der Waals surface area contributed by atoms with Crippen molar-refractivity contribution in [3.63, 3.8) is 0 Å². The van der Waals surface area contributed by atoms with Crippen LogP contribution in [0.25, 0.3) is 5.76 Å². The number of carbonyl (C=O) groups is 2. The van der Waals surface area contributed by atoms with Gasteiger partial charge in [0, 0.05) is 31.6 Å². The number of methoxy groups -OCH3 is 1. The van der Waals surface area contributed by atoms with E-state index in [1.807, 2.05) is 0 Å². The molecule has 1 amide bonds. The minimum absolute atomic E-state index is 0.0222. The summed E-state index contributed by atoms with van der Waals surface area (Å²) in [5.41, 5.74) is 1.07. The van der Waals surface area contributed by atoms with E-state index in [0.29, 0.717) is 35.8 Å². The topological polar surface area (TPSA) is 98.2 Å². The summed E-state index contributed by atoms with van der Waals surface area (Å²) >= 11 is 0. The van der Waals surface area contributed by atoms with Crippen molar-refractivity contribution in [1.82, 2.24) is 9.88 Å². The Bertz CT molecular complexity index is 972. The number of fused-ring (bicyclic) bond motifs is 1. The van der Waals surface area contributed by atoms with Crippen LogP contribution in [0.15, 0.2) is 48.3 Å². The van der Waals surface area contributed by atoms with Gasteiger partial charge in [-0.25, -0.2) is 0 Å². The third kappa shape index (κ3) is 3.42. The number of rotatable bonds is 5. The minimum Gasteiger partial charge on any atom is -0.507 e. The van der Waals surface area contributed by atoms with Gasteiger partial charge in [-0.1, -0.05) is 0 Å². The van der Waals surface area contributed by atoms with Gasteiger partial charge in [0.15, 0.2) is 11.5 Å². The summed E-state index contributed by atoms with van der Waals surface area (Å²) in [6.45, 7) is 1.32. The first-order valence-corrected chi connectivity index (χ1v) is 9.19. The molecule has 1 unspecified atom stereocenters. The van der Waals surface area contributed by atoms with Crippen molar-refractivity contribution in [3.05, 3.63) is 59.4 Å². The Balaban J connectivity index is 1.82. The van der Waals surface area contributed by atoms with Crippen LogP contribution in [-0.4, -0.2) is 60.2 Å². The second kappa shape index (κ2) is 7.92. The lowest BCUT2D eigenvalue weighted by molar-refractivity contribution is -0.140. The molecule has 1 atom stereocenters. The zero-order chi connectivity index (χ0) is 20.4. The molecule has 2 aliphatic heterocycles. The maximum absolute atomic E-state index is 12.8. The van der Waals surface area contributed by atoms with Gasteiger partial charge in [0.1, 0.15) is 19.0 Å². The van der Waals surface area contributed by atoms with Crippen molar-refractivity contribution in [2.24, 2.45) is 0 Å². The van der Waals surface area contributed by atoms with E-state index in [-0.39, 0.29) is 24.5 Å². The van der Waals surface area contributed by atoms with Crippen molar-refractivity contribution in [2.75, 3.05) is 33.5 Å². The Labute approximate surface area is 167 Å². The Kier molecular flexibility index (Phi) is 5.18. The molecule has 3 heterocycles. The fourth-order valence-corrected chi connectivity index (χ4v) is 3.54. The van der Waals surface area contributed by atoms with Crippen molar-refractivity contribution < 1.29 is 28.9 Å². The van der Waals surface area contributed by atoms with Gasteiger partial charge in [0.25, 0.3) is 11.7 Å². The summed E-state index contributed by atoms with van der Waals surface area (Å²) in [5.74, 6) is -0.631. The van der Waals surface area contributed by atoms with Gasteiger partial charge < -0.3 is 24.2 Å². The highest BCUT2D eigenvalue weighted by atomic mass is 16.6. The summed E-state index contributed by atoms with van der Waals surface area (Å²) in [5, 5.41) is 11.0. The fraction of sp³-hybridized carbons (Fsp3) is 0.286. The molecule has 0 saturated carbocycles. The molecule has 4 rings (SSSR count). The molecular weight excluding hydrogens is 376 g/mol. The van der Waals surface area contributed by atoms with Crippen LogP contribution < -0.4 is 9.47 Å². The number of ether oxygens (including phenoxy) is 3. The summed E-state index contributed by atoms with van der Waals surface area (Å²) < 4.78 is 16.2. The molecule has 2 aromatic rings. The molecule has 1 N–H and O–H groups in total. The molecule has 0 bridgehead atoms. The van der Waals surface area contributed by atoms with Gasteiger partial charge in [0.05, 0.1) is 18.2 Å². The maximum atomic E-state index is 12.8. The number of aromatic nitrogens is 1. The zero-order valence-electron chi connectivity index (χ0n) is 15.8. The van der Waals surface area contributed by atoms with Crippen LogP contribution in [0.2, 0.25) is 0 Å². The number of ketones is 1. The Hall–Kier alpha value is -3.39. The molecule has 2 aliphatic rings. The highest BCUT2D eigenvalue weighted by Crippen LogP contribution is 2.40. The van der Waals surface area contributed by atoms with Crippen molar-refractivity contribution >= 4 is 17.4 Å². The van der Waals surface area contributed by atoms with Crippen LogP contribution in [0, 0.1) is 0 Å². The number of amides is 1. The van der Waals surface area contributed by atoms with E-state index in [4.69, 9.17) is 14.2 Å². The molecule has 1 fully saturated rings. The van der Waals surface area contributed by atoms with Crippen LogP contribution in [0.5, 0.6) is 11.5 Å². The number of hydrogen-bond acceptors (Lipinski definition) is 7. The Morgan fingerprint density at radius 3 is 2.62 bits per heavy atom. The number of benzene rings is 1. The van der Waals surface area contributed by atoms with E-state index < -0.39 is 17.7 Å². The third-order valence-corrected chi connectivity index (χ3v) is 4.91. The number of Topliss-reactive ketones (excluding diaryl/α,β-unsaturated/α-hetero) is 1. The van der Waals surface area contributed by atoms with Gasteiger partial charge in [-0.05, 0) is 35.9 Å². The first kappa shape index (κ1) is 18.9. The Morgan fingerprint density at radius 2 is 1.90 bits per heavy atom. The second-order valence-corrected chi connectivity index (χ2v) is 6.62. The number of pyridine rings is 1. The van der Waals surface area contributed by atoms with Crippen molar-refractivity contribution in [1.29, 1.82) is 0 Å². The first-order chi connectivity index (χ1) is 14.1. The minimum atomic E-state index is -0.740. The largest absolute Gasteiger partial charge is 0.507 e. The number of carbonyl (C=O) groups excluding carboxylic acids is 2. The lowest BCUT2D eigenvalue weighted by atomic mass is 9.96. The average molecular weight is 396 g/mol. The van der Waals surface area contributed by atoms with Crippen molar-refractivity contribution in [2.45, 2.75) is 6.04 Å². The van der Waals surface area contributed by atoms with Crippen LogP contribution in [0.1, 0.15) is 17.2 Å². The molecule has 0 aliphatic carbocycles. The summed E-state index contributed by atoms with van der Waals surface area (Å²) in [6.07, 6.45) is 3.16. The van der Waals surface area contributed by atoms with Gasteiger partial charge in [-0.2, -0.15) is 0 Å². The van der Waals surface area contributed by atoms with Gasteiger partial charge in [0.2, 0.25) is 0 Å². The normalized spacial score (nSPS) is 20.2. The zero-order valence-corrected chi connectivity index (χ0v) is 15.8. The number of nitrogens with zero attached hydrogens (tertiary/aromatic N) is 2. The number of likely N-dealkylation sites (tertiary alicyclic amines) is 1. The number of hydrogen-bond donors (Lipinski definition) is 1. The second-order valence-electron chi connectivity index (χ2n) is 6.62. The standard InChI is InChI=1S/C21H20N2O6/c1-27-9-8-23-18(13-4-6-22-7-5-13)17(20(25)21(23)26)19(24)14-2-3-15-16(12-14)29-11-10-28-15/h2-7,12,18,24H,8-11H2,1H3/b19-17+. The molecule has 1 aromatic heterocycles. The average Bonchev–Trinajstić information content (AvgIpc) is 3.02. The van der Waals surface area contributed by atoms with Crippen molar-refractivity contribution in [3.8, 4) is 11.5 Å². The van der Waals surface area contributed by atoms with Crippen LogP contribution in [-0.2, 0) is 14.3 Å². The summed E-state index contributed by atoms with van der Waals surface area (Å²) in [7, 11) is 1.52. The molecule has 1 aromatic carbocycles. The van der Waals surface area contributed by atoms with Gasteiger partial charge in [-0.3, -0.25) is 14.6 Å². The number of aliphatic hydroxyl groups is 1. The van der Waals surface area contributed by atoms with E-state index in [9.17, 15) is 14.7 Å². The van der Waals surface area contributed by atoms with E-state index in [2.05, 4.69) is 4.98 Å². The van der Waals surface area contributed by atoms with Gasteiger partial charge in [-0.15, -0.1) is 0 Å². The summed E-state index contributed by atoms with van der Waals surface area (Å²) in [4.78, 5) is 30.9. The molecular formula is C21H20N2O6. The smallest absolute Gasteiger partial charge is 0.295 e. The predicted octanol–water partition coefficient (Wildman–Crippen LogP) is 1.92. The predicted molar refractivity (Wildman–Crippen MR) is 103 cm³/mol. The first-order valence-electron chi connectivity index (χ1n) is 9.19. The highest BCUT2D eigenvalue weighted by molar-refractivity contribution is 6.46. The van der Waals surface area contributed by atoms with E-state index in [1.54, 1.807) is 42.7 Å².